The first-order valence-electron chi connectivity index (χ1n) is 7.51. The van der Waals surface area contributed by atoms with Gasteiger partial charge in [0.25, 0.3) is 0 Å². The second-order valence-electron chi connectivity index (χ2n) is 6.42. The summed E-state index contributed by atoms with van der Waals surface area (Å²) in [7, 11) is 0. The molecule has 0 fully saturated rings. The van der Waals surface area contributed by atoms with Gasteiger partial charge in [-0.2, -0.15) is 4.98 Å². The first kappa shape index (κ1) is 15.9. The van der Waals surface area contributed by atoms with Gasteiger partial charge in [0.2, 0.25) is 5.28 Å². The first-order valence-corrected chi connectivity index (χ1v) is 7.89. The topological polar surface area (TPSA) is 63.8 Å². The Bertz CT molecular complexity index is 865. The molecule has 0 saturated heterocycles. The third-order valence-corrected chi connectivity index (χ3v) is 3.90. The quantitative estimate of drug-likeness (QED) is 0.741. The highest BCUT2D eigenvalue weighted by Crippen LogP contribution is 2.28. The smallest absolute Gasteiger partial charge is 0.224 e. The van der Waals surface area contributed by atoms with Crippen LogP contribution in [0.1, 0.15) is 45.0 Å². The number of pyridine rings is 1. The van der Waals surface area contributed by atoms with E-state index in [1.54, 1.807) is 20.0 Å². The molecule has 5 nitrogen and oxygen atoms in total. The van der Waals surface area contributed by atoms with Gasteiger partial charge in [-0.1, -0.05) is 19.9 Å². The van der Waals surface area contributed by atoms with E-state index in [0.29, 0.717) is 17.2 Å². The lowest BCUT2D eigenvalue weighted by Crippen LogP contribution is -2.18. The number of nitrogens with zero attached hydrogens (tertiary/aromatic N) is 4. The van der Waals surface area contributed by atoms with Crippen molar-refractivity contribution in [2.24, 2.45) is 0 Å². The van der Waals surface area contributed by atoms with E-state index in [2.05, 4.69) is 34.9 Å². The van der Waals surface area contributed by atoms with Gasteiger partial charge in [-0.25, -0.2) is 9.97 Å². The molecule has 3 rings (SSSR count). The van der Waals surface area contributed by atoms with Crippen molar-refractivity contribution in [2.45, 2.75) is 39.2 Å². The summed E-state index contributed by atoms with van der Waals surface area (Å²) in [4.78, 5) is 13.0. The van der Waals surface area contributed by atoms with Crippen molar-refractivity contribution in [1.29, 1.82) is 0 Å². The summed E-state index contributed by atoms with van der Waals surface area (Å²) in [5.74, 6) is 0.980. The molecule has 3 heterocycles. The SMILES string of the molecule is CC(C)c1cc2cnc(Cl)nc2n1-c1cccc(C(C)(C)O)n1. The summed E-state index contributed by atoms with van der Waals surface area (Å²) in [6.07, 6.45) is 1.72. The molecule has 3 aromatic rings. The Kier molecular flexibility index (Phi) is 3.86. The van der Waals surface area contributed by atoms with Crippen molar-refractivity contribution < 1.29 is 5.11 Å². The lowest BCUT2D eigenvalue weighted by atomic mass is 10.1. The third kappa shape index (κ3) is 2.94. The molecule has 0 radical (unpaired) electrons. The summed E-state index contributed by atoms with van der Waals surface area (Å²) in [5, 5.41) is 11.3. The van der Waals surface area contributed by atoms with Crippen LogP contribution in [0.25, 0.3) is 16.9 Å². The predicted molar refractivity (Wildman–Crippen MR) is 91.0 cm³/mol. The molecule has 1 N–H and O–H groups in total. The monoisotopic (exact) mass is 330 g/mol. The van der Waals surface area contributed by atoms with E-state index in [9.17, 15) is 5.11 Å². The van der Waals surface area contributed by atoms with Crippen LogP contribution in [0.5, 0.6) is 0 Å². The second kappa shape index (κ2) is 5.58. The highest BCUT2D eigenvalue weighted by Gasteiger charge is 2.20. The summed E-state index contributed by atoms with van der Waals surface area (Å²) >= 11 is 5.97. The van der Waals surface area contributed by atoms with Gasteiger partial charge in [0.15, 0.2) is 5.65 Å². The van der Waals surface area contributed by atoms with E-state index in [1.165, 1.54) is 0 Å². The Hall–Kier alpha value is -1.98. The van der Waals surface area contributed by atoms with Crippen LogP contribution < -0.4 is 0 Å². The van der Waals surface area contributed by atoms with Crippen molar-refractivity contribution in [2.75, 3.05) is 0 Å². The number of halogens is 1. The zero-order valence-corrected chi connectivity index (χ0v) is 14.3. The van der Waals surface area contributed by atoms with Crippen LogP contribution in [0.3, 0.4) is 0 Å². The molecule has 0 spiro atoms. The Morgan fingerprint density at radius 3 is 2.61 bits per heavy atom. The molecule has 23 heavy (non-hydrogen) atoms. The molecule has 6 heteroatoms. The average Bonchev–Trinajstić information content (AvgIpc) is 2.85. The number of rotatable bonds is 3. The van der Waals surface area contributed by atoms with E-state index in [-0.39, 0.29) is 11.2 Å². The molecule has 0 aliphatic carbocycles. The van der Waals surface area contributed by atoms with Crippen molar-refractivity contribution in [3.05, 3.63) is 47.1 Å². The predicted octanol–water partition coefficient (Wildman–Crippen LogP) is 3.82. The molecule has 0 unspecified atom stereocenters. The van der Waals surface area contributed by atoms with Crippen LogP contribution in [0.15, 0.2) is 30.5 Å². The zero-order valence-electron chi connectivity index (χ0n) is 13.6. The molecule has 120 valence electrons. The fourth-order valence-corrected chi connectivity index (χ4v) is 2.67. The summed E-state index contributed by atoms with van der Waals surface area (Å²) < 4.78 is 1.98. The maximum absolute atomic E-state index is 10.2. The molecule has 0 amide bonds. The van der Waals surface area contributed by atoms with Crippen LogP contribution in [0, 0.1) is 0 Å². The average molecular weight is 331 g/mol. The minimum Gasteiger partial charge on any atom is -0.384 e. The molecule has 0 aliphatic rings. The fourth-order valence-electron chi connectivity index (χ4n) is 2.54. The third-order valence-electron chi connectivity index (χ3n) is 3.72. The lowest BCUT2D eigenvalue weighted by molar-refractivity contribution is 0.0738. The van der Waals surface area contributed by atoms with Gasteiger partial charge in [-0.3, -0.25) is 4.57 Å². The van der Waals surface area contributed by atoms with Crippen molar-refractivity contribution in [3.63, 3.8) is 0 Å². The number of fused-ring (bicyclic) bond motifs is 1. The normalized spacial score (nSPS) is 12.3. The largest absolute Gasteiger partial charge is 0.384 e. The van der Waals surface area contributed by atoms with Crippen molar-refractivity contribution in [3.8, 4) is 5.82 Å². The summed E-state index contributed by atoms with van der Waals surface area (Å²) in [6, 6.07) is 7.64. The Morgan fingerprint density at radius 1 is 1.22 bits per heavy atom. The van der Waals surface area contributed by atoms with Gasteiger partial charge < -0.3 is 5.11 Å². The highest BCUT2D eigenvalue weighted by molar-refractivity contribution is 6.28. The number of hydrogen-bond donors (Lipinski definition) is 1. The van der Waals surface area contributed by atoms with Crippen molar-refractivity contribution in [1.82, 2.24) is 19.5 Å². The molecule has 0 saturated carbocycles. The van der Waals surface area contributed by atoms with E-state index in [4.69, 9.17) is 11.6 Å². The van der Waals surface area contributed by atoms with Gasteiger partial charge in [-0.05, 0) is 49.6 Å². The minimum atomic E-state index is -1.01. The van der Waals surface area contributed by atoms with Gasteiger partial charge in [0.05, 0.1) is 5.69 Å². The van der Waals surface area contributed by atoms with Crippen LogP contribution in [0.4, 0.5) is 0 Å². The van der Waals surface area contributed by atoms with Crippen LogP contribution in [-0.2, 0) is 5.60 Å². The van der Waals surface area contributed by atoms with E-state index in [1.807, 2.05) is 22.8 Å². The fraction of sp³-hybridized carbons (Fsp3) is 0.353. The number of hydrogen-bond acceptors (Lipinski definition) is 4. The second-order valence-corrected chi connectivity index (χ2v) is 6.76. The van der Waals surface area contributed by atoms with Crippen molar-refractivity contribution >= 4 is 22.6 Å². The highest BCUT2D eigenvalue weighted by atomic mass is 35.5. The Morgan fingerprint density at radius 2 is 1.96 bits per heavy atom. The van der Waals surface area contributed by atoms with E-state index >= 15 is 0 Å². The maximum Gasteiger partial charge on any atom is 0.224 e. The number of aromatic nitrogens is 4. The summed E-state index contributed by atoms with van der Waals surface area (Å²) in [6.45, 7) is 7.66. The Balaban J connectivity index is 2.30. The van der Waals surface area contributed by atoms with Gasteiger partial charge in [-0.15, -0.1) is 0 Å². The molecular formula is C17H19ClN4O. The standard InChI is InChI=1S/C17H19ClN4O/c1-10(2)12-8-11-9-19-16(18)21-15(11)22(12)14-7-5-6-13(20-14)17(3,4)23/h5-10,23H,1-4H3. The lowest BCUT2D eigenvalue weighted by Gasteiger charge is -2.18. The van der Waals surface area contributed by atoms with Crippen LogP contribution in [-0.4, -0.2) is 24.6 Å². The van der Waals surface area contributed by atoms with E-state index in [0.717, 1.165) is 11.1 Å². The molecule has 3 aromatic heterocycles. The molecular weight excluding hydrogens is 312 g/mol. The van der Waals surface area contributed by atoms with Crippen LogP contribution >= 0.6 is 11.6 Å². The first-order chi connectivity index (χ1) is 10.8. The minimum absolute atomic E-state index is 0.200. The van der Waals surface area contributed by atoms with Crippen LogP contribution in [0.2, 0.25) is 5.28 Å². The zero-order chi connectivity index (χ0) is 16.8. The molecule has 0 bridgehead atoms. The van der Waals surface area contributed by atoms with Gasteiger partial charge in [0, 0.05) is 17.3 Å². The van der Waals surface area contributed by atoms with E-state index < -0.39 is 5.60 Å². The summed E-state index contributed by atoms with van der Waals surface area (Å²) in [5.41, 5.74) is 1.38. The molecule has 0 aliphatic heterocycles. The Labute approximate surface area is 140 Å². The van der Waals surface area contributed by atoms with Gasteiger partial charge >= 0.3 is 0 Å². The molecule has 0 aromatic carbocycles. The van der Waals surface area contributed by atoms with Gasteiger partial charge in [0.1, 0.15) is 11.4 Å². The number of aliphatic hydroxyl groups is 1. The maximum atomic E-state index is 10.2. The molecule has 0 atom stereocenters.